The quantitative estimate of drug-likeness (QED) is 0.414. The van der Waals surface area contributed by atoms with Crippen molar-refractivity contribution in [2.45, 2.75) is 39.2 Å². The van der Waals surface area contributed by atoms with Crippen LogP contribution in [0.4, 0.5) is 28.4 Å². The van der Waals surface area contributed by atoms with Crippen LogP contribution in [-0.2, 0) is 11.2 Å². The Labute approximate surface area is 236 Å². The lowest BCUT2D eigenvalue weighted by molar-refractivity contribution is -0.115. The van der Waals surface area contributed by atoms with Crippen molar-refractivity contribution >= 4 is 34.3 Å². The molecule has 8 nitrogen and oxygen atoms in total. The van der Waals surface area contributed by atoms with E-state index >= 15 is 0 Å². The van der Waals surface area contributed by atoms with Gasteiger partial charge in [0.15, 0.2) is 0 Å². The van der Waals surface area contributed by atoms with Gasteiger partial charge in [-0.05, 0) is 67.6 Å². The molecule has 3 aliphatic heterocycles. The third-order valence-electron chi connectivity index (χ3n) is 8.43. The van der Waals surface area contributed by atoms with Gasteiger partial charge in [0.25, 0.3) is 0 Å². The summed E-state index contributed by atoms with van der Waals surface area (Å²) in [7, 11) is 0. The number of carbonyl (C=O) groups excluding carboxylic acids is 1. The molecule has 2 saturated heterocycles. The molecule has 0 radical (unpaired) electrons. The Balaban J connectivity index is 1.06. The maximum absolute atomic E-state index is 11.9. The number of nitrogens with zero attached hydrogens (tertiary/aromatic N) is 4. The van der Waals surface area contributed by atoms with E-state index in [-0.39, 0.29) is 5.91 Å². The number of hydrazine groups is 1. The molecule has 0 saturated carbocycles. The lowest BCUT2D eigenvalue weighted by Gasteiger charge is -2.37. The lowest BCUT2D eigenvalue weighted by Crippen LogP contribution is -2.48. The molecule has 3 aliphatic rings. The Morgan fingerprint density at radius 1 is 0.850 bits per heavy atom. The van der Waals surface area contributed by atoms with Crippen LogP contribution in [0.5, 0.6) is 0 Å². The zero-order chi connectivity index (χ0) is 27.6. The number of fused-ring (bicyclic) bond motifs is 1. The number of rotatable bonds is 6. The normalized spacial score (nSPS) is 17.8. The van der Waals surface area contributed by atoms with Crippen molar-refractivity contribution in [3.63, 3.8) is 0 Å². The number of piperidine rings is 1. The third-order valence-corrected chi connectivity index (χ3v) is 8.43. The van der Waals surface area contributed by atoms with Gasteiger partial charge in [0.2, 0.25) is 5.91 Å². The molecular formula is C32H37N7O. The molecular weight excluding hydrogens is 498 g/mol. The number of carbonyl (C=O) groups is 1. The van der Waals surface area contributed by atoms with Gasteiger partial charge in [-0.15, -0.1) is 0 Å². The smallest absolute Gasteiger partial charge is 0.228 e. The number of aryl methyl sites for hydroxylation is 2. The van der Waals surface area contributed by atoms with Gasteiger partial charge < -0.3 is 25.9 Å². The van der Waals surface area contributed by atoms with Gasteiger partial charge in [0, 0.05) is 51.0 Å². The molecule has 0 bridgehead atoms. The summed E-state index contributed by atoms with van der Waals surface area (Å²) in [5.41, 5.74) is 13.5. The van der Waals surface area contributed by atoms with Crippen LogP contribution in [0.25, 0.3) is 0 Å². The van der Waals surface area contributed by atoms with Crippen molar-refractivity contribution in [3.05, 3.63) is 76.9 Å². The van der Waals surface area contributed by atoms with Crippen molar-refractivity contribution < 1.29 is 4.79 Å². The summed E-state index contributed by atoms with van der Waals surface area (Å²) < 4.78 is 0. The minimum Gasteiger partial charge on any atom is -0.382 e. The highest BCUT2D eigenvalue weighted by molar-refractivity contribution is 6.03. The van der Waals surface area contributed by atoms with Crippen LogP contribution in [0, 0.1) is 25.2 Å². The summed E-state index contributed by atoms with van der Waals surface area (Å²) in [6.07, 6.45) is 2.53. The molecule has 1 amide bonds. The van der Waals surface area contributed by atoms with Crippen LogP contribution in [-0.4, -0.2) is 56.2 Å². The zero-order valence-corrected chi connectivity index (χ0v) is 23.3. The molecule has 0 aromatic heterocycles. The van der Waals surface area contributed by atoms with Crippen molar-refractivity contribution in [2.75, 3.05) is 65.1 Å². The van der Waals surface area contributed by atoms with Crippen LogP contribution in [0.3, 0.4) is 0 Å². The molecule has 3 aromatic carbocycles. The molecule has 3 aromatic rings. The largest absolute Gasteiger partial charge is 0.382 e. The summed E-state index contributed by atoms with van der Waals surface area (Å²) in [5, 5.41) is 18.6. The predicted octanol–water partition coefficient (Wildman–Crippen LogP) is 4.90. The first-order valence-corrected chi connectivity index (χ1v) is 14.3. The topological polar surface area (TPSA) is 86.7 Å². The number of hydrogen-bond donors (Lipinski definition) is 3. The van der Waals surface area contributed by atoms with E-state index in [9.17, 15) is 10.1 Å². The second-order valence-corrected chi connectivity index (χ2v) is 11.1. The fourth-order valence-electron chi connectivity index (χ4n) is 6.18. The molecule has 0 unspecified atom stereocenters. The molecule has 3 N–H and O–H groups in total. The Morgan fingerprint density at radius 3 is 2.33 bits per heavy atom. The van der Waals surface area contributed by atoms with E-state index in [0.29, 0.717) is 12.5 Å². The number of hydrogen-bond acceptors (Lipinski definition) is 7. The molecule has 6 rings (SSSR count). The molecule has 3 heterocycles. The van der Waals surface area contributed by atoms with Gasteiger partial charge >= 0.3 is 0 Å². The van der Waals surface area contributed by atoms with Crippen LogP contribution < -0.4 is 25.9 Å². The van der Waals surface area contributed by atoms with E-state index in [1.165, 1.54) is 16.8 Å². The van der Waals surface area contributed by atoms with Crippen molar-refractivity contribution in [1.82, 2.24) is 5.01 Å². The van der Waals surface area contributed by atoms with Gasteiger partial charge in [0.1, 0.15) is 6.07 Å². The number of nitriles is 1. The van der Waals surface area contributed by atoms with Gasteiger partial charge in [-0.2, -0.15) is 5.26 Å². The van der Waals surface area contributed by atoms with Crippen LogP contribution >= 0.6 is 0 Å². The van der Waals surface area contributed by atoms with Gasteiger partial charge in [-0.1, -0.05) is 30.3 Å². The van der Waals surface area contributed by atoms with Crippen molar-refractivity contribution in [3.8, 4) is 6.07 Å². The second-order valence-electron chi connectivity index (χ2n) is 11.1. The Morgan fingerprint density at radius 2 is 1.55 bits per heavy atom. The SMILES string of the molecule is Cc1cc(C)c(NN2CCN(c3cccc4c3NC(=O)C4)CC2)cc1NC1CCN(c2ccccc2C#N)CC1. The average Bonchev–Trinajstić information content (AvgIpc) is 3.37. The average molecular weight is 536 g/mol. The molecule has 0 aliphatic carbocycles. The molecule has 2 fully saturated rings. The van der Waals surface area contributed by atoms with Crippen LogP contribution in [0.2, 0.25) is 0 Å². The molecule has 40 heavy (non-hydrogen) atoms. The van der Waals surface area contributed by atoms with E-state index in [2.05, 4.69) is 81.1 Å². The first kappa shape index (κ1) is 26.0. The standard InChI is InChI=1S/C32H37N7O/c1-22-18-23(2)28(20-27(22)34-26-10-12-37(13-11-26)29-8-4-3-6-25(29)21-33)36-39-16-14-38(15-17-39)30-9-5-7-24-19-31(40)35-32(24)30/h3-9,18,20,26,34,36H,10-17,19H2,1-2H3,(H,35,40). The van der Waals surface area contributed by atoms with Gasteiger partial charge in [-0.25, -0.2) is 5.01 Å². The highest BCUT2D eigenvalue weighted by atomic mass is 16.1. The number of amides is 1. The number of benzene rings is 3. The highest BCUT2D eigenvalue weighted by Gasteiger charge is 2.26. The van der Waals surface area contributed by atoms with E-state index in [0.717, 1.165) is 86.0 Å². The summed E-state index contributed by atoms with van der Waals surface area (Å²) >= 11 is 0. The monoisotopic (exact) mass is 535 g/mol. The van der Waals surface area contributed by atoms with Crippen molar-refractivity contribution in [1.29, 1.82) is 5.26 Å². The summed E-state index contributed by atoms with van der Waals surface area (Å²) in [6.45, 7) is 9.76. The maximum atomic E-state index is 11.9. The number of para-hydroxylation sites is 2. The number of anilines is 5. The maximum Gasteiger partial charge on any atom is 0.228 e. The second kappa shape index (κ2) is 11.1. The molecule has 0 atom stereocenters. The summed E-state index contributed by atoms with van der Waals surface area (Å²) in [4.78, 5) is 16.6. The Bertz CT molecular complexity index is 1450. The highest BCUT2D eigenvalue weighted by Crippen LogP contribution is 2.35. The van der Waals surface area contributed by atoms with Crippen LogP contribution in [0.1, 0.15) is 35.1 Å². The van der Waals surface area contributed by atoms with E-state index < -0.39 is 0 Å². The number of piperazine rings is 1. The van der Waals surface area contributed by atoms with Crippen LogP contribution in [0.15, 0.2) is 54.6 Å². The van der Waals surface area contributed by atoms with Gasteiger partial charge in [-0.3, -0.25) is 4.79 Å². The molecule has 0 spiro atoms. The number of nitrogens with one attached hydrogen (secondary N) is 3. The lowest BCUT2D eigenvalue weighted by atomic mass is 10.0. The van der Waals surface area contributed by atoms with Crippen molar-refractivity contribution in [2.24, 2.45) is 0 Å². The van der Waals surface area contributed by atoms with E-state index in [1.807, 2.05) is 24.3 Å². The minimum atomic E-state index is 0.0805. The fraction of sp³-hybridized carbons (Fsp3) is 0.375. The zero-order valence-electron chi connectivity index (χ0n) is 23.3. The Kier molecular flexibility index (Phi) is 7.23. The first-order chi connectivity index (χ1) is 19.5. The summed E-state index contributed by atoms with van der Waals surface area (Å²) in [5.74, 6) is 0.0805. The first-order valence-electron chi connectivity index (χ1n) is 14.3. The minimum absolute atomic E-state index is 0.0805. The van der Waals surface area contributed by atoms with Gasteiger partial charge in [0.05, 0.1) is 34.7 Å². The molecule has 8 heteroatoms. The van der Waals surface area contributed by atoms with E-state index in [1.54, 1.807) is 0 Å². The predicted molar refractivity (Wildman–Crippen MR) is 162 cm³/mol. The molecule has 206 valence electrons. The summed E-state index contributed by atoms with van der Waals surface area (Å²) in [6, 6.07) is 21.3. The van der Waals surface area contributed by atoms with E-state index in [4.69, 9.17) is 0 Å². The third kappa shape index (κ3) is 5.30. The Hall–Kier alpha value is -4.22. The fourth-order valence-corrected chi connectivity index (χ4v) is 6.18.